The van der Waals surface area contributed by atoms with Crippen molar-refractivity contribution in [2.75, 3.05) is 11.4 Å². The van der Waals surface area contributed by atoms with Crippen LogP contribution in [0.1, 0.15) is 12.0 Å². The second kappa shape index (κ2) is 4.83. The van der Waals surface area contributed by atoms with Gasteiger partial charge in [0.25, 0.3) is 0 Å². The van der Waals surface area contributed by atoms with E-state index in [2.05, 4.69) is 15.9 Å². The van der Waals surface area contributed by atoms with Gasteiger partial charge in [0.15, 0.2) is 0 Å². The quantitative estimate of drug-likeness (QED) is 0.768. The smallest absolute Gasteiger partial charge is 0.237 e. The van der Waals surface area contributed by atoms with E-state index in [1.54, 1.807) is 6.07 Å². The molecule has 18 heavy (non-hydrogen) atoms. The third-order valence-electron chi connectivity index (χ3n) is 2.95. The number of amides is 1. The molecule has 0 aromatic heterocycles. The number of hydrogen-bond donors (Lipinski definition) is 0. The summed E-state index contributed by atoms with van der Waals surface area (Å²) in [5, 5.41) is -0.834. The standard InChI is InChI=1S/C11H11BrClNO3S/c1-7-3-2-4-9(11(7)12)14-6-8(5-10(14)15)18(13,16)17/h2-4,8H,5-6H2,1H3. The van der Waals surface area contributed by atoms with Gasteiger partial charge in [-0.3, -0.25) is 4.79 Å². The Morgan fingerprint density at radius 3 is 2.67 bits per heavy atom. The summed E-state index contributed by atoms with van der Waals surface area (Å²) in [4.78, 5) is 13.3. The number of carbonyl (C=O) groups excluding carboxylic acids is 1. The number of nitrogens with zero attached hydrogens (tertiary/aromatic N) is 1. The summed E-state index contributed by atoms with van der Waals surface area (Å²) in [7, 11) is 1.61. The van der Waals surface area contributed by atoms with Crippen LogP contribution in [0.3, 0.4) is 0 Å². The van der Waals surface area contributed by atoms with Crippen molar-refractivity contribution in [2.24, 2.45) is 0 Å². The fraction of sp³-hybridized carbons (Fsp3) is 0.364. The number of benzene rings is 1. The number of halogens is 2. The minimum Gasteiger partial charge on any atom is -0.310 e. The van der Waals surface area contributed by atoms with Crippen molar-refractivity contribution in [1.82, 2.24) is 0 Å². The molecule has 7 heteroatoms. The topological polar surface area (TPSA) is 54.5 Å². The molecule has 1 atom stereocenters. The Morgan fingerprint density at radius 2 is 2.11 bits per heavy atom. The third-order valence-corrected chi connectivity index (χ3v) is 5.85. The second-order valence-electron chi connectivity index (χ2n) is 4.21. The van der Waals surface area contributed by atoms with Crippen LogP contribution in [0.25, 0.3) is 0 Å². The molecule has 0 saturated carbocycles. The molecule has 1 amide bonds. The first kappa shape index (κ1) is 13.8. The molecule has 1 aromatic rings. The largest absolute Gasteiger partial charge is 0.310 e. The summed E-state index contributed by atoms with van der Waals surface area (Å²) in [6.07, 6.45) is -0.0633. The highest BCUT2D eigenvalue weighted by Gasteiger charge is 2.38. The van der Waals surface area contributed by atoms with Crippen LogP contribution in [0.4, 0.5) is 5.69 Å². The van der Waals surface area contributed by atoms with Crippen molar-refractivity contribution >= 4 is 47.3 Å². The predicted molar refractivity (Wildman–Crippen MR) is 74.4 cm³/mol. The summed E-state index contributed by atoms with van der Waals surface area (Å²) < 4.78 is 23.4. The zero-order valence-corrected chi connectivity index (χ0v) is 12.7. The summed E-state index contributed by atoms with van der Waals surface area (Å²) in [6, 6.07) is 5.51. The van der Waals surface area contributed by atoms with Gasteiger partial charge in [0, 0.05) is 28.1 Å². The zero-order chi connectivity index (χ0) is 13.5. The highest BCUT2D eigenvalue weighted by molar-refractivity contribution is 9.10. The average molecular weight is 353 g/mol. The van der Waals surface area contributed by atoms with Crippen LogP contribution < -0.4 is 4.90 Å². The van der Waals surface area contributed by atoms with E-state index in [0.717, 1.165) is 10.0 Å². The molecular weight excluding hydrogens is 342 g/mol. The van der Waals surface area contributed by atoms with Crippen molar-refractivity contribution in [3.8, 4) is 0 Å². The molecule has 1 aliphatic heterocycles. The van der Waals surface area contributed by atoms with Gasteiger partial charge in [-0.05, 0) is 34.5 Å². The second-order valence-corrected chi connectivity index (χ2v) is 7.92. The lowest BCUT2D eigenvalue weighted by molar-refractivity contribution is -0.117. The highest BCUT2D eigenvalue weighted by Crippen LogP contribution is 2.33. The van der Waals surface area contributed by atoms with Gasteiger partial charge < -0.3 is 4.90 Å². The van der Waals surface area contributed by atoms with Crippen molar-refractivity contribution in [3.63, 3.8) is 0 Å². The minimum atomic E-state index is -3.70. The lowest BCUT2D eigenvalue weighted by atomic mass is 10.2. The first-order chi connectivity index (χ1) is 8.30. The van der Waals surface area contributed by atoms with E-state index in [-0.39, 0.29) is 18.9 Å². The molecule has 1 aliphatic rings. The van der Waals surface area contributed by atoms with Crippen molar-refractivity contribution in [1.29, 1.82) is 0 Å². The normalized spacial score (nSPS) is 20.5. The maximum absolute atomic E-state index is 11.9. The van der Waals surface area contributed by atoms with Gasteiger partial charge in [-0.2, -0.15) is 0 Å². The minimum absolute atomic E-state index is 0.0633. The Balaban J connectivity index is 2.36. The Labute approximate surface area is 118 Å². The molecular formula is C11H11BrClNO3S. The van der Waals surface area contributed by atoms with Gasteiger partial charge in [-0.25, -0.2) is 8.42 Å². The van der Waals surface area contributed by atoms with Crippen LogP contribution >= 0.6 is 26.6 Å². The Bertz CT molecular complexity index is 602. The molecule has 1 heterocycles. The van der Waals surface area contributed by atoms with Crippen LogP contribution in [-0.2, 0) is 13.8 Å². The van der Waals surface area contributed by atoms with E-state index >= 15 is 0 Å². The first-order valence-electron chi connectivity index (χ1n) is 5.29. The van der Waals surface area contributed by atoms with Gasteiger partial charge in [-0.15, -0.1) is 0 Å². The van der Waals surface area contributed by atoms with Gasteiger partial charge in [0.1, 0.15) is 5.25 Å². The molecule has 1 aromatic carbocycles. The molecule has 1 unspecified atom stereocenters. The van der Waals surface area contributed by atoms with Crippen molar-refractivity contribution in [3.05, 3.63) is 28.2 Å². The molecule has 0 bridgehead atoms. The molecule has 0 spiro atoms. The third kappa shape index (κ3) is 2.55. The van der Waals surface area contributed by atoms with Crippen LogP contribution in [0, 0.1) is 6.92 Å². The molecule has 4 nitrogen and oxygen atoms in total. The summed E-state index contributed by atoms with van der Waals surface area (Å²) in [5.41, 5.74) is 1.67. The Kier molecular flexibility index (Phi) is 3.71. The fourth-order valence-corrected chi connectivity index (χ4v) is 3.44. The molecule has 2 rings (SSSR count). The number of anilines is 1. The summed E-state index contributed by atoms with van der Waals surface area (Å²) in [6.45, 7) is 2.01. The average Bonchev–Trinajstić information content (AvgIpc) is 2.64. The van der Waals surface area contributed by atoms with Gasteiger partial charge in [0.05, 0.1) is 5.69 Å². The van der Waals surface area contributed by atoms with E-state index in [1.807, 2.05) is 19.1 Å². The van der Waals surface area contributed by atoms with E-state index < -0.39 is 14.3 Å². The molecule has 0 N–H and O–H groups in total. The van der Waals surface area contributed by atoms with Crippen LogP contribution in [0.5, 0.6) is 0 Å². The van der Waals surface area contributed by atoms with E-state index in [4.69, 9.17) is 10.7 Å². The van der Waals surface area contributed by atoms with Crippen LogP contribution in [-0.4, -0.2) is 26.1 Å². The van der Waals surface area contributed by atoms with Gasteiger partial charge in [-0.1, -0.05) is 12.1 Å². The van der Waals surface area contributed by atoms with E-state index in [9.17, 15) is 13.2 Å². The predicted octanol–water partition coefficient (Wildman–Crippen LogP) is 2.43. The molecule has 1 saturated heterocycles. The van der Waals surface area contributed by atoms with Crippen LogP contribution in [0.2, 0.25) is 0 Å². The van der Waals surface area contributed by atoms with Crippen LogP contribution in [0.15, 0.2) is 22.7 Å². The van der Waals surface area contributed by atoms with Crippen molar-refractivity contribution in [2.45, 2.75) is 18.6 Å². The number of rotatable bonds is 2. The first-order valence-corrected chi connectivity index (χ1v) is 8.46. The Hall–Kier alpha value is -0.590. The molecule has 0 aliphatic carbocycles. The number of aryl methyl sites for hydroxylation is 1. The molecule has 98 valence electrons. The van der Waals surface area contributed by atoms with E-state index in [1.165, 1.54) is 4.90 Å². The molecule has 1 fully saturated rings. The highest BCUT2D eigenvalue weighted by atomic mass is 79.9. The zero-order valence-electron chi connectivity index (χ0n) is 9.56. The molecule has 0 radical (unpaired) electrons. The monoisotopic (exact) mass is 351 g/mol. The maximum Gasteiger partial charge on any atom is 0.237 e. The van der Waals surface area contributed by atoms with E-state index in [0.29, 0.717) is 5.69 Å². The maximum atomic E-state index is 11.9. The fourth-order valence-electron chi connectivity index (χ4n) is 1.94. The lowest BCUT2D eigenvalue weighted by Crippen LogP contribution is -2.27. The Morgan fingerprint density at radius 1 is 1.44 bits per heavy atom. The SMILES string of the molecule is Cc1cccc(N2CC(S(=O)(=O)Cl)CC2=O)c1Br. The summed E-state index contributed by atoms with van der Waals surface area (Å²) in [5.74, 6) is -0.226. The number of carbonyl (C=O) groups is 1. The summed E-state index contributed by atoms with van der Waals surface area (Å²) >= 11 is 3.41. The lowest BCUT2D eigenvalue weighted by Gasteiger charge is -2.18. The van der Waals surface area contributed by atoms with Gasteiger partial charge >= 0.3 is 0 Å². The van der Waals surface area contributed by atoms with Crippen molar-refractivity contribution < 1.29 is 13.2 Å². The number of hydrogen-bond acceptors (Lipinski definition) is 3. The van der Waals surface area contributed by atoms with Gasteiger partial charge in [0.2, 0.25) is 15.0 Å².